The van der Waals surface area contributed by atoms with Gasteiger partial charge in [0.1, 0.15) is 0 Å². The fraction of sp³-hybridized carbons (Fsp3) is 1.00. The SMILES string of the molecule is CCNC(C1CCCC(C)C1)C1COCCO1. The Kier molecular flexibility index (Phi) is 5.26. The van der Waals surface area contributed by atoms with E-state index in [-0.39, 0.29) is 6.10 Å². The quantitative estimate of drug-likeness (QED) is 0.818. The Morgan fingerprint density at radius 2 is 2.18 bits per heavy atom. The molecule has 17 heavy (non-hydrogen) atoms. The highest BCUT2D eigenvalue weighted by Gasteiger charge is 2.33. The lowest BCUT2D eigenvalue weighted by Crippen LogP contribution is -2.51. The van der Waals surface area contributed by atoms with E-state index in [0.717, 1.165) is 38.2 Å². The molecule has 4 atom stereocenters. The van der Waals surface area contributed by atoms with Crippen LogP contribution in [0.3, 0.4) is 0 Å². The molecular formula is C14H27NO2. The van der Waals surface area contributed by atoms with Crippen molar-refractivity contribution in [3.05, 3.63) is 0 Å². The molecule has 0 bridgehead atoms. The summed E-state index contributed by atoms with van der Waals surface area (Å²) in [5.74, 6) is 1.64. The maximum absolute atomic E-state index is 5.89. The Morgan fingerprint density at radius 3 is 2.82 bits per heavy atom. The average molecular weight is 241 g/mol. The maximum atomic E-state index is 5.89. The molecular weight excluding hydrogens is 214 g/mol. The first-order valence-corrected chi connectivity index (χ1v) is 7.24. The van der Waals surface area contributed by atoms with Crippen LogP contribution in [-0.2, 0) is 9.47 Å². The zero-order chi connectivity index (χ0) is 12.1. The van der Waals surface area contributed by atoms with E-state index >= 15 is 0 Å². The van der Waals surface area contributed by atoms with Gasteiger partial charge in [0, 0.05) is 6.04 Å². The van der Waals surface area contributed by atoms with Gasteiger partial charge < -0.3 is 14.8 Å². The highest BCUT2D eigenvalue weighted by atomic mass is 16.6. The molecule has 1 aliphatic heterocycles. The van der Waals surface area contributed by atoms with Crippen molar-refractivity contribution in [3.8, 4) is 0 Å². The first kappa shape index (κ1) is 13.3. The minimum absolute atomic E-state index is 0.263. The zero-order valence-corrected chi connectivity index (χ0v) is 11.3. The Hall–Kier alpha value is -0.120. The summed E-state index contributed by atoms with van der Waals surface area (Å²) in [6, 6.07) is 0.489. The van der Waals surface area contributed by atoms with E-state index < -0.39 is 0 Å². The molecule has 1 saturated heterocycles. The lowest BCUT2D eigenvalue weighted by Gasteiger charge is -2.39. The molecule has 2 aliphatic rings. The van der Waals surface area contributed by atoms with E-state index in [1.165, 1.54) is 25.7 Å². The molecule has 4 unspecified atom stereocenters. The Bertz CT molecular complexity index is 216. The van der Waals surface area contributed by atoms with E-state index in [1.807, 2.05) is 0 Å². The lowest BCUT2D eigenvalue weighted by molar-refractivity contribution is -0.111. The summed E-state index contributed by atoms with van der Waals surface area (Å²) in [5, 5.41) is 3.64. The van der Waals surface area contributed by atoms with Gasteiger partial charge >= 0.3 is 0 Å². The van der Waals surface area contributed by atoms with Gasteiger partial charge in [0.25, 0.3) is 0 Å². The molecule has 0 spiro atoms. The van der Waals surface area contributed by atoms with Gasteiger partial charge in [-0.25, -0.2) is 0 Å². The van der Waals surface area contributed by atoms with Crippen LogP contribution in [0.25, 0.3) is 0 Å². The Labute approximate surface area is 105 Å². The van der Waals surface area contributed by atoms with E-state index in [9.17, 15) is 0 Å². The van der Waals surface area contributed by atoms with Crippen LogP contribution in [-0.4, -0.2) is 38.5 Å². The average Bonchev–Trinajstić information content (AvgIpc) is 2.37. The molecule has 100 valence electrons. The Morgan fingerprint density at radius 1 is 1.29 bits per heavy atom. The lowest BCUT2D eigenvalue weighted by atomic mass is 9.77. The number of likely N-dealkylation sites (N-methyl/N-ethyl adjacent to an activating group) is 1. The molecule has 0 radical (unpaired) electrons. The van der Waals surface area contributed by atoms with E-state index in [4.69, 9.17) is 9.47 Å². The first-order chi connectivity index (χ1) is 8.31. The van der Waals surface area contributed by atoms with Gasteiger partial charge in [-0.15, -0.1) is 0 Å². The standard InChI is InChI=1S/C14H27NO2/c1-3-15-14(13-10-16-7-8-17-13)12-6-4-5-11(2)9-12/h11-15H,3-10H2,1-2H3. The molecule has 1 aliphatic carbocycles. The van der Waals surface area contributed by atoms with E-state index in [2.05, 4.69) is 19.2 Å². The minimum atomic E-state index is 0.263. The largest absolute Gasteiger partial charge is 0.376 e. The summed E-state index contributed by atoms with van der Waals surface area (Å²) < 4.78 is 11.5. The Balaban J connectivity index is 1.94. The summed E-state index contributed by atoms with van der Waals surface area (Å²) in [6.45, 7) is 7.87. The van der Waals surface area contributed by atoms with Crippen LogP contribution < -0.4 is 5.32 Å². The third kappa shape index (κ3) is 3.67. The summed E-state index contributed by atoms with van der Waals surface area (Å²) in [4.78, 5) is 0. The fourth-order valence-corrected chi connectivity index (χ4v) is 3.36. The monoisotopic (exact) mass is 241 g/mol. The van der Waals surface area contributed by atoms with Gasteiger partial charge in [-0.1, -0.05) is 26.7 Å². The predicted octanol–water partition coefficient (Wildman–Crippen LogP) is 2.21. The van der Waals surface area contributed by atoms with Crippen molar-refractivity contribution >= 4 is 0 Å². The fourth-order valence-electron chi connectivity index (χ4n) is 3.36. The number of rotatable bonds is 4. The van der Waals surface area contributed by atoms with Crippen LogP contribution in [0.1, 0.15) is 39.5 Å². The first-order valence-electron chi connectivity index (χ1n) is 7.24. The smallest absolute Gasteiger partial charge is 0.0964 e. The highest BCUT2D eigenvalue weighted by molar-refractivity contribution is 4.87. The molecule has 0 aromatic heterocycles. The molecule has 1 N–H and O–H groups in total. The normalized spacial score (nSPS) is 36.7. The van der Waals surface area contributed by atoms with Crippen LogP contribution >= 0.6 is 0 Å². The van der Waals surface area contributed by atoms with E-state index in [1.54, 1.807) is 0 Å². The van der Waals surface area contributed by atoms with Crippen molar-refractivity contribution < 1.29 is 9.47 Å². The van der Waals surface area contributed by atoms with Crippen molar-refractivity contribution in [2.24, 2.45) is 11.8 Å². The summed E-state index contributed by atoms with van der Waals surface area (Å²) in [5.41, 5.74) is 0. The number of ether oxygens (including phenoxy) is 2. The van der Waals surface area contributed by atoms with Crippen LogP contribution in [0.5, 0.6) is 0 Å². The van der Waals surface area contributed by atoms with Crippen molar-refractivity contribution in [1.82, 2.24) is 5.32 Å². The zero-order valence-electron chi connectivity index (χ0n) is 11.3. The van der Waals surface area contributed by atoms with Crippen LogP contribution in [0, 0.1) is 11.8 Å². The predicted molar refractivity (Wildman–Crippen MR) is 69.1 cm³/mol. The molecule has 2 fully saturated rings. The molecule has 0 aromatic rings. The van der Waals surface area contributed by atoms with Crippen LogP contribution in [0.15, 0.2) is 0 Å². The van der Waals surface area contributed by atoms with Crippen molar-refractivity contribution in [3.63, 3.8) is 0 Å². The molecule has 0 aromatic carbocycles. The molecule has 0 amide bonds. The molecule has 3 nitrogen and oxygen atoms in total. The van der Waals surface area contributed by atoms with Gasteiger partial charge in [0.15, 0.2) is 0 Å². The van der Waals surface area contributed by atoms with Crippen LogP contribution in [0.2, 0.25) is 0 Å². The second kappa shape index (κ2) is 6.72. The van der Waals surface area contributed by atoms with Crippen molar-refractivity contribution in [2.45, 2.75) is 51.7 Å². The van der Waals surface area contributed by atoms with Crippen LogP contribution in [0.4, 0.5) is 0 Å². The van der Waals surface area contributed by atoms with Gasteiger partial charge in [0.05, 0.1) is 25.9 Å². The topological polar surface area (TPSA) is 30.5 Å². The third-order valence-electron chi connectivity index (χ3n) is 4.17. The highest BCUT2D eigenvalue weighted by Crippen LogP contribution is 2.32. The maximum Gasteiger partial charge on any atom is 0.0964 e. The van der Waals surface area contributed by atoms with Gasteiger partial charge in [-0.3, -0.25) is 0 Å². The summed E-state index contributed by atoms with van der Waals surface area (Å²) in [6.07, 6.45) is 5.73. The second-order valence-corrected chi connectivity index (χ2v) is 5.60. The number of hydrogen-bond donors (Lipinski definition) is 1. The van der Waals surface area contributed by atoms with Gasteiger partial charge in [-0.05, 0) is 31.2 Å². The van der Waals surface area contributed by atoms with Gasteiger partial charge in [0.2, 0.25) is 0 Å². The summed E-state index contributed by atoms with van der Waals surface area (Å²) in [7, 11) is 0. The van der Waals surface area contributed by atoms with Crippen molar-refractivity contribution in [2.75, 3.05) is 26.4 Å². The molecule has 2 rings (SSSR count). The molecule has 1 heterocycles. The second-order valence-electron chi connectivity index (χ2n) is 5.60. The minimum Gasteiger partial charge on any atom is -0.376 e. The third-order valence-corrected chi connectivity index (χ3v) is 4.17. The number of nitrogens with one attached hydrogen (secondary N) is 1. The number of hydrogen-bond acceptors (Lipinski definition) is 3. The van der Waals surface area contributed by atoms with Crippen molar-refractivity contribution in [1.29, 1.82) is 0 Å². The summed E-state index contributed by atoms with van der Waals surface area (Å²) >= 11 is 0. The van der Waals surface area contributed by atoms with Gasteiger partial charge in [-0.2, -0.15) is 0 Å². The van der Waals surface area contributed by atoms with E-state index in [0.29, 0.717) is 6.04 Å². The molecule has 3 heteroatoms. The molecule has 1 saturated carbocycles.